The highest BCUT2D eigenvalue weighted by atomic mass is 32.2. The number of aromatic amines is 1. The molecular weight excluding hydrogens is 324 g/mol. The Bertz CT molecular complexity index is 874. The lowest BCUT2D eigenvalue weighted by Crippen LogP contribution is -2.17. The second-order valence-corrected chi connectivity index (χ2v) is 6.76. The number of anilines is 1. The van der Waals surface area contributed by atoms with Crippen molar-refractivity contribution in [3.8, 4) is 5.88 Å². The summed E-state index contributed by atoms with van der Waals surface area (Å²) in [6.07, 6.45) is 4.55. The molecule has 3 heterocycles. The van der Waals surface area contributed by atoms with Crippen molar-refractivity contribution < 1.29 is 9.53 Å². The van der Waals surface area contributed by atoms with E-state index in [2.05, 4.69) is 20.5 Å². The number of amides is 1. The number of nitrogens with zero attached hydrogens (tertiary/aromatic N) is 2. The molecule has 24 heavy (non-hydrogen) atoms. The van der Waals surface area contributed by atoms with E-state index < -0.39 is 0 Å². The van der Waals surface area contributed by atoms with Crippen LogP contribution < -0.4 is 10.1 Å². The Labute approximate surface area is 143 Å². The predicted molar refractivity (Wildman–Crippen MR) is 94.6 cm³/mol. The molecule has 6 nitrogen and oxygen atoms in total. The first-order chi connectivity index (χ1) is 11.8. The average Bonchev–Trinajstić information content (AvgIpc) is 3.26. The predicted octanol–water partition coefficient (Wildman–Crippen LogP) is 3.09. The van der Waals surface area contributed by atoms with E-state index in [4.69, 9.17) is 4.74 Å². The minimum absolute atomic E-state index is 0.184. The largest absolute Gasteiger partial charge is 0.473 e. The number of carbonyl (C=O) groups is 1. The lowest BCUT2D eigenvalue weighted by Gasteiger charge is -2.12. The summed E-state index contributed by atoms with van der Waals surface area (Å²) in [5.41, 5.74) is 2.11. The molecule has 0 spiro atoms. The van der Waals surface area contributed by atoms with Crippen LogP contribution in [0.25, 0.3) is 10.9 Å². The van der Waals surface area contributed by atoms with Crippen LogP contribution in [-0.4, -0.2) is 38.7 Å². The van der Waals surface area contributed by atoms with Crippen LogP contribution in [0.15, 0.2) is 42.7 Å². The van der Waals surface area contributed by atoms with Crippen LogP contribution in [0.3, 0.4) is 0 Å². The number of hydrogen-bond donors (Lipinski definition) is 2. The lowest BCUT2D eigenvalue weighted by molar-refractivity contribution is 0.102. The van der Waals surface area contributed by atoms with Crippen LogP contribution in [0.1, 0.15) is 16.8 Å². The molecule has 1 fully saturated rings. The van der Waals surface area contributed by atoms with Gasteiger partial charge in [-0.1, -0.05) is 0 Å². The van der Waals surface area contributed by atoms with Crippen molar-refractivity contribution in [2.24, 2.45) is 0 Å². The smallest absolute Gasteiger partial charge is 0.255 e. The molecule has 7 heteroatoms. The maximum Gasteiger partial charge on any atom is 0.255 e. The van der Waals surface area contributed by atoms with Crippen LogP contribution in [0.5, 0.6) is 5.88 Å². The van der Waals surface area contributed by atoms with Gasteiger partial charge < -0.3 is 10.1 Å². The number of pyridine rings is 1. The first kappa shape index (κ1) is 15.0. The Hall–Kier alpha value is -2.54. The molecule has 0 saturated carbocycles. The fourth-order valence-corrected chi connectivity index (χ4v) is 3.70. The summed E-state index contributed by atoms with van der Waals surface area (Å²) in [6.45, 7) is 0. The van der Waals surface area contributed by atoms with Gasteiger partial charge in [-0.3, -0.25) is 9.89 Å². The topological polar surface area (TPSA) is 79.9 Å². The SMILES string of the molecule is O=C(Nc1ccc2cn[nH]c2c1)c1ccnc(O[C@H]2CCSC2)c1. The van der Waals surface area contributed by atoms with Gasteiger partial charge in [0, 0.05) is 34.7 Å². The molecule has 1 saturated heterocycles. The van der Waals surface area contributed by atoms with Crippen LogP contribution >= 0.6 is 11.8 Å². The van der Waals surface area contributed by atoms with Crippen molar-refractivity contribution in [2.75, 3.05) is 16.8 Å². The van der Waals surface area contributed by atoms with E-state index in [1.54, 1.807) is 24.5 Å². The monoisotopic (exact) mass is 340 g/mol. The highest BCUT2D eigenvalue weighted by Crippen LogP contribution is 2.23. The van der Waals surface area contributed by atoms with E-state index in [0.29, 0.717) is 17.1 Å². The third-order valence-corrected chi connectivity index (χ3v) is 5.00. The molecule has 0 aliphatic carbocycles. The number of nitrogens with one attached hydrogen (secondary N) is 2. The van der Waals surface area contributed by atoms with Gasteiger partial charge in [-0.15, -0.1) is 0 Å². The van der Waals surface area contributed by atoms with Crippen LogP contribution in [0.4, 0.5) is 5.69 Å². The summed E-state index contributed by atoms with van der Waals surface area (Å²) in [4.78, 5) is 16.7. The third-order valence-electron chi connectivity index (χ3n) is 3.87. The Morgan fingerprint density at radius 2 is 2.29 bits per heavy atom. The van der Waals surface area contributed by atoms with E-state index in [0.717, 1.165) is 28.8 Å². The Kier molecular flexibility index (Phi) is 4.08. The minimum Gasteiger partial charge on any atom is -0.473 e. The molecule has 4 rings (SSSR count). The van der Waals surface area contributed by atoms with E-state index in [-0.39, 0.29) is 12.0 Å². The fraction of sp³-hybridized carbons (Fsp3) is 0.235. The second-order valence-electron chi connectivity index (χ2n) is 5.61. The fourth-order valence-electron chi connectivity index (χ4n) is 2.61. The van der Waals surface area contributed by atoms with Crippen LogP contribution in [0.2, 0.25) is 0 Å². The van der Waals surface area contributed by atoms with Gasteiger partial charge in [0.2, 0.25) is 5.88 Å². The van der Waals surface area contributed by atoms with Gasteiger partial charge in [0.1, 0.15) is 6.10 Å². The summed E-state index contributed by atoms with van der Waals surface area (Å²) in [6, 6.07) is 8.99. The first-order valence-corrected chi connectivity index (χ1v) is 8.88. The normalized spacial score (nSPS) is 17.1. The number of fused-ring (bicyclic) bond motifs is 1. The molecule has 1 atom stereocenters. The molecule has 3 aromatic rings. The molecule has 122 valence electrons. The summed E-state index contributed by atoms with van der Waals surface area (Å²) >= 11 is 1.88. The van der Waals surface area contributed by atoms with Crippen molar-refractivity contribution in [1.82, 2.24) is 15.2 Å². The summed E-state index contributed by atoms with van der Waals surface area (Å²) in [5.74, 6) is 2.39. The summed E-state index contributed by atoms with van der Waals surface area (Å²) in [5, 5.41) is 10.8. The second kappa shape index (κ2) is 6.52. The molecule has 2 aromatic heterocycles. The van der Waals surface area contributed by atoms with Gasteiger partial charge in [-0.2, -0.15) is 16.9 Å². The molecule has 2 N–H and O–H groups in total. The quantitative estimate of drug-likeness (QED) is 0.763. The van der Waals surface area contributed by atoms with Crippen molar-refractivity contribution in [1.29, 1.82) is 0 Å². The molecule has 1 aromatic carbocycles. The number of carbonyl (C=O) groups excluding carboxylic acids is 1. The van der Waals surface area contributed by atoms with E-state index in [9.17, 15) is 4.79 Å². The zero-order valence-corrected chi connectivity index (χ0v) is 13.7. The van der Waals surface area contributed by atoms with Crippen LogP contribution in [-0.2, 0) is 0 Å². The van der Waals surface area contributed by atoms with E-state index in [1.165, 1.54) is 0 Å². The number of benzene rings is 1. The number of ether oxygens (including phenoxy) is 1. The van der Waals surface area contributed by atoms with Crippen molar-refractivity contribution >= 4 is 34.3 Å². The molecule has 0 bridgehead atoms. The molecule has 0 unspecified atom stereocenters. The maximum atomic E-state index is 12.5. The van der Waals surface area contributed by atoms with Gasteiger partial charge in [0.15, 0.2) is 0 Å². The molecule has 1 aliphatic rings. The molecule has 1 amide bonds. The number of thioether (sulfide) groups is 1. The Balaban J connectivity index is 1.48. The van der Waals surface area contributed by atoms with Crippen molar-refractivity contribution in [3.05, 3.63) is 48.3 Å². The lowest BCUT2D eigenvalue weighted by atomic mass is 10.2. The van der Waals surface area contributed by atoms with Crippen molar-refractivity contribution in [3.63, 3.8) is 0 Å². The number of H-pyrrole nitrogens is 1. The summed E-state index contributed by atoms with van der Waals surface area (Å²) < 4.78 is 5.84. The first-order valence-electron chi connectivity index (χ1n) is 7.73. The third kappa shape index (κ3) is 3.21. The van der Waals surface area contributed by atoms with Gasteiger partial charge in [-0.05, 0) is 36.4 Å². The van der Waals surface area contributed by atoms with Crippen LogP contribution in [0, 0.1) is 0 Å². The summed E-state index contributed by atoms with van der Waals surface area (Å²) in [7, 11) is 0. The molecular formula is C17H16N4O2S. The molecule has 1 aliphatic heterocycles. The Morgan fingerprint density at radius 1 is 1.33 bits per heavy atom. The van der Waals surface area contributed by atoms with Gasteiger partial charge >= 0.3 is 0 Å². The van der Waals surface area contributed by atoms with Gasteiger partial charge in [-0.25, -0.2) is 4.98 Å². The van der Waals surface area contributed by atoms with Gasteiger partial charge in [0.05, 0.1) is 11.7 Å². The Morgan fingerprint density at radius 3 is 3.17 bits per heavy atom. The maximum absolute atomic E-state index is 12.5. The zero-order valence-electron chi connectivity index (χ0n) is 12.9. The van der Waals surface area contributed by atoms with E-state index >= 15 is 0 Å². The highest BCUT2D eigenvalue weighted by molar-refractivity contribution is 7.99. The van der Waals surface area contributed by atoms with E-state index in [1.807, 2.05) is 30.0 Å². The zero-order chi connectivity index (χ0) is 16.4. The number of aromatic nitrogens is 3. The molecule has 0 radical (unpaired) electrons. The highest BCUT2D eigenvalue weighted by Gasteiger charge is 2.18. The average molecular weight is 340 g/mol. The van der Waals surface area contributed by atoms with Crippen molar-refractivity contribution in [2.45, 2.75) is 12.5 Å². The minimum atomic E-state index is -0.193. The number of hydrogen-bond acceptors (Lipinski definition) is 5. The van der Waals surface area contributed by atoms with Gasteiger partial charge in [0.25, 0.3) is 5.91 Å². The number of rotatable bonds is 4. The standard InChI is InChI=1S/C17H16N4O2S/c22-17(20-13-2-1-12-9-19-21-15(12)8-13)11-3-5-18-16(7-11)23-14-4-6-24-10-14/h1-3,5,7-9,14H,4,6,10H2,(H,19,21)(H,20,22)/t14-/m0/s1.